The summed E-state index contributed by atoms with van der Waals surface area (Å²) < 4.78 is 11.4. The fourth-order valence-electron chi connectivity index (χ4n) is 3.74. The SMILES string of the molecule is CC1C(=O)O[C@H](c2ccccc2)N(C(=O)OCc2ccccc2)[C@H]1c1ccccc1. The predicted molar refractivity (Wildman–Crippen MR) is 112 cm³/mol. The van der Waals surface area contributed by atoms with Gasteiger partial charge >= 0.3 is 12.1 Å². The monoisotopic (exact) mass is 401 g/mol. The molecule has 1 aliphatic rings. The molecule has 3 aromatic carbocycles. The van der Waals surface area contributed by atoms with E-state index in [0.29, 0.717) is 0 Å². The number of hydrogen-bond donors (Lipinski definition) is 0. The summed E-state index contributed by atoms with van der Waals surface area (Å²) in [6.45, 7) is 1.92. The van der Waals surface area contributed by atoms with Crippen molar-refractivity contribution in [3.05, 3.63) is 108 Å². The highest BCUT2D eigenvalue weighted by molar-refractivity contribution is 5.78. The van der Waals surface area contributed by atoms with Crippen LogP contribution >= 0.6 is 0 Å². The lowest BCUT2D eigenvalue weighted by Gasteiger charge is -2.43. The Morgan fingerprint density at radius 3 is 2.00 bits per heavy atom. The Morgan fingerprint density at radius 2 is 1.40 bits per heavy atom. The first-order chi connectivity index (χ1) is 14.6. The molecule has 3 aromatic rings. The maximum atomic E-state index is 13.3. The maximum Gasteiger partial charge on any atom is 0.413 e. The van der Waals surface area contributed by atoms with Crippen LogP contribution in [0.1, 0.15) is 35.9 Å². The molecule has 152 valence electrons. The van der Waals surface area contributed by atoms with Crippen molar-refractivity contribution in [2.45, 2.75) is 25.8 Å². The van der Waals surface area contributed by atoms with Crippen molar-refractivity contribution >= 4 is 12.1 Å². The zero-order valence-electron chi connectivity index (χ0n) is 16.7. The fraction of sp³-hybridized carbons (Fsp3) is 0.200. The molecule has 1 saturated heterocycles. The summed E-state index contributed by atoms with van der Waals surface area (Å²) in [4.78, 5) is 27.6. The zero-order valence-corrected chi connectivity index (χ0v) is 16.7. The smallest absolute Gasteiger partial charge is 0.413 e. The third-order valence-electron chi connectivity index (χ3n) is 5.27. The lowest BCUT2D eigenvalue weighted by Crippen LogP contribution is -2.49. The second-order valence-electron chi connectivity index (χ2n) is 7.29. The van der Waals surface area contributed by atoms with E-state index in [-0.39, 0.29) is 12.6 Å². The molecule has 0 radical (unpaired) electrons. The molecule has 1 aliphatic heterocycles. The van der Waals surface area contributed by atoms with Crippen LogP contribution in [-0.2, 0) is 20.9 Å². The van der Waals surface area contributed by atoms with Crippen molar-refractivity contribution in [2.75, 3.05) is 0 Å². The van der Waals surface area contributed by atoms with E-state index in [1.54, 1.807) is 11.8 Å². The van der Waals surface area contributed by atoms with Gasteiger partial charge in [-0.3, -0.25) is 9.69 Å². The van der Waals surface area contributed by atoms with Crippen molar-refractivity contribution < 1.29 is 19.1 Å². The fourth-order valence-corrected chi connectivity index (χ4v) is 3.74. The molecule has 0 spiro atoms. The summed E-state index contributed by atoms with van der Waals surface area (Å²) in [5.41, 5.74) is 2.47. The van der Waals surface area contributed by atoms with Gasteiger partial charge in [-0.25, -0.2) is 4.79 Å². The minimum Gasteiger partial charge on any atom is -0.444 e. The van der Waals surface area contributed by atoms with E-state index >= 15 is 0 Å². The van der Waals surface area contributed by atoms with E-state index in [2.05, 4.69) is 0 Å². The van der Waals surface area contributed by atoms with E-state index in [1.807, 2.05) is 91.0 Å². The van der Waals surface area contributed by atoms with Crippen LogP contribution in [0.3, 0.4) is 0 Å². The number of amides is 1. The van der Waals surface area contributed by atoms with Crippen LogP contribution in [-0.4, -0.2) is 17.0 Å². The van der Waals surface area contributed by atoms with Crippen LogP contribution in [0.15, 0.2) is 91.0 Å². The summed E-state index contributed by atoms with van der Waals surface area (Å²) in [5, 5.41) is 0. The van der Waals surface area contributed by atoms with Gasteiger partial charge in [0.2, 0.25) is 6.23 Å². The molecule has 5 heteroatoms. The first-order valence-electron chi connectivity index (χ1n) is 9.94. The topological polar surface area (TPSA) is 55.8 Å². The van der Waals surface area contributed by atoms with Gasteiger partial charge in [0, 0.05) is 5.56 Å². The van der Waals surface area contributed by atoms with Crippen molar-refractivity contribution in [1.29, 1.82) is 0 Å². The Bertz CT molecular complexity index is 991. The number of rotatable bonds is 4. The zero-order chi connectivity index (χ0) is 20.9. The van der Waals surface area contributed by atoms with Gasteiger partial charge in [0.15, 0.2) is 0 Å². The first kappa shape index (κ1) is 19.7. The Kier molecular flexibility index (Phi) is 5.80. The van der Waals surface area contributed by atoms with Crippen molar-refractivity contribution in [3.8, 4) is 0 Å². The highest BCUT2D eigenvalue weighted by Crippen LogP contribution is 2.42. The molecule has 0 saturated carbocycles. The van der Waals surface area contributed by atoms with E-state index in [0.717, 1.165) is 16.7 Å². The Labute approximate surface area is 175 Å². The first-order valence-corrected chi connectivity index (χ1v) is 9.94. The van der Waals surface area contributed by atoms with Gasteiger partial charge in [0.05, 0.1) is 12.0 Å². The summed E-state index contributed by atoms with van der Waals surface area (Å²) in [5.74, 6) is -0.874. The lowest BCUT2D eigenvalue weighted by atomic mass is 9.90. The molecule has 1 fully saturated rings. The molecule has 0 bridgehead atoms. The number of esters is 1. The number of carbonyl (C=O) groups excluding carboxylic acids is 2. The molecule has 0 N–H and O–H groups in total. The second kappa shape index (κ2) is 8.82. The standard InChI is InChI=1S/C25H23NO4/c1-18-22(20-13-7-3-8-14-20)26(25(28)29-17-19-11-5-2-6-12-19)23(30-24(18)27)21-15-9-4-10-16-21/h2-16,18,22-23H,17H2,1H3/t18?,22-,23-/m1/s1. The number of nitrogens with zero attached hydrogens (tertiary/aromatic N) is 1. The van der Waals surface area contributed by atoms with Crippen LogP contribution in [0.25, 0.3) is 0 Å². The molecule has 30 heavy (non-hydrogen) atoms. The molecule has 4 rings (SSSR count). The van der Waals surface area contributed by atoms with Crippen LogP contribution in [0.5, 0.6) is 0 Å². The number of benzene rings is 3. The second-order valence-corrected chi connectivity index (χ2v) is 7.29. The molecule has 0 aromatic heterocycles. The summed E-state index contributed by atoms with van der Waals surface area (Å²) in [6, 6.07) is 27.8. The van der Waals surface area contributed by atoms with Crippen molar-refractivity contribution in [2.24, 2.45) is 5.92 Å². The molecule has 3 atom stereocenters. The van der Waals surface area contributed by atoms with Crippen LogP contribution in [0, 0.1) is 5.92 Å². The third kappa shape index (κ3) is 4.06. The Balaban J connectivity index is 1.70. The average molecular weight is 401 g/mol. The molecule has 5 nitrogen and oxygen atoms in total. The molecule has 0 aliphatic carbocycles. The summed E-state index contributed by atoms with van der Waals surface area (Å²) >= 11 is 0. The number of hydrogen-bond acceptors (Lipinski definition) is 4. The van der Waals surface area contributed by atoms with Gasteiger partial charge < -0.3 is 9.47 Å². The van der Waals surface area contributed by atoms with Crippen LogP contribution in [0.2, 0.25) is 0 Å². The van der Waals surface area contributed by atoms with Crippen molar-refractivity contribution in [3.63, 3.8) is 0 Å². The minimum absolute atomic E-state index is 0.140. The van der Waals surface area contributed by atoms with E-state index in [9.17, 15) is 9.59 Å². The molecule has 1 heterocycles. The van der Waals surface area contributed by atoms with E-state index in [1.165, 1.54) is 0 Å². The van der Waals surface area contributed by atoms with Crippen LogP contribution in [0.4, 0.5) is 4.79 Å². The van der Waals surface area contributed by atoms with Gasteiger partial charge in [0.1, 0.15) is 6.61 Å². The average Bonchev–Trinajstić information content (AvgIpc) is 2.80. The molecular weight excluding hydrogens is 378 g/mol. The highest BCUT2D eigenvalue weighted by Gasteiger charge is 2.46. The molecule has 1 unspecified atom stereocenters. The number of ether oxygens (including phenoxy) is 2. The largest absolute Gasteiger partial charge is 0.444 e. The van der Waals surface area contributed by atoms with Gasteiger partial charge in [-0.2, -0.15) is 0 Å². The summed E-state index contributed by atoms with van der Waals surface area (Å²) in [7, 11) is 0. The van der Waals surface area contributed by atoms with Crippen LogP contribution < -0.4 is 0 Å². The molecular formula is C25H23NO4. The number of carbonyl (C=O) groups is 2. The third-order valence-corrected chi connectivity index (χ3v) is 5.27. The van der Waals surface area contributed by atoms with Gasteiger partial charge in [0.25, 0.3) is 0 Å². The predicted octanol–water partition coefficient (Wildman–Crippen LogP) is 5.26. The Hall–Kier alpha value is -3.60. The van der Waals surface area contributed by atoms with E-state index in [4.69, 9.17) is 9.47 Å². The van der Waals surface area contributed by atoms with Gasteiger partial charge in [-0.05, 0) is 18.1 Å². The van der Waals surface area contributed by atoms with Crippen molar-refractivity contribution in [1.82, 2.24) is 4.90 Å². The Morgan fingerprint density at radius 1 is 0.867 bits per heavy atom. The number of cyclic esters (lactones) is 1. The molecule has 1 amide bonds. The van der Waals surface area contributed by atoms with Gasteiger partial charge in [-0.1, -0.05) is 91.0 Å². The normalized spacial score (nSPS) is 21.0. The minimum atomic E-state index is -0.858. The summed E-state index contributed by atoms with van der Waals surface area (Å²) in [6.07, 6.45) is -1.38. The van der Waals surface area contributed by atoms with Gasteiger partial charge in [-0.15, -0.1) is 0 Å². The highest BCUT2D eigenvalue weighted by atomic mass is 16.6. The maximum absolute atomic E-state index is 13.3. The van der Waals surface area contributed by atoms with E-state index < -0.39 is 24.3 Å². The lowest BCUT2D eigenvalue weighted by molar-refractivity contribution is -0.183. The quantitative estimate of drug-likeness (QED) is 0.560.